The molecule has 1 aromatic heterocycles. The number of rotatable bonds is 9. The van der Waals surface area contributed by atoms with E-state index in [0.717, 1.165) is 28.9 Å². The van der Waals surface area contributed by atoms with Gasteiger partial charge in [0, 0.05) is 38.3 Å². The van der Waals surface area contributed by atoms with E-state index in [1.165, 1.54) is 48.2 Å². The second kappa shape index (κ2) is 11.2. The Bertz CT molecular complexity index is 1290. The number of carboxylic acid groups (broad SMARTS) is 1. The summed E-state index contributed by atoms with van der Waals surface area (Å²) in [5, 5.41) is 11.8. The number of aryl methyl sites for hydroxylation is 1. The third-order valence-electron chi connectivity index (χ3n) is 8.54. The van der Waals surface area contributed by atoms with Crippen molar-refractivity contribution in [3.8, 4) is 0 Å². The van der Waals surface area contributed by atoms with Gasteiger partial charge in [-0.05, 0) is 67.5 Å². The third kappa shape index (κ3) is 5.58. The average Bonchev–Trinajstić information content (AvgIpc) is 3.30. The highest BCUT2D eigenvalue weighted by molar-refractivity contribution is 5.78. The van der Waals surface area contributed by atoms with Crippen LogP contribution in [0.3, 0.4) is 0 Å². The Balaban J connectivity index is 1.73. The zero-order valence-corrected chi connectivity index (χ0v) is 23.5. The van der Waals surface area contributed by atoms with Gasteiger partial charge in [-0.1, -0.05) is 56.4 Å². The summed E-state index contributed by atoms with van der Waals surface area (Å²) in [6.07, 6.45) is 11.5. The highest BCUT2D eigenvalue weighted by Crippen LogP contribution is 2.45. The Morgan fingerprint density at radius 3 is 2.55 bits per heavy atom. The number of carbonyl (C=O) groups is 1. The maximum absolute atomic E-state index is 12.6. The van der Waals surface area contributed by atoms with Crippen molar-refractivity contribution in [3.63, 3.8) is 0 Å². The Morgan fingerprint density at radius 1 is 1.18 bits per heavy atom. The molecule has 0 saturated heterocycles. The molecule has 3 aromatic rings. The third-order valence-corrected chi connectivity index (χ3v) is 8.54. The topological polar surface area (TPSA) is 110 Å². The fourth-order valence-electron chi connectivity index (χ4n) is 6.01. The summed E-state index contributed by atoms with van der Waals surface area (Å²) in [4.78, 5) is 17.3. The van der Waals surface area contributed by atoms with Crippen LogP contribution in [0.15, 0.2) is 42.7 Å². The molecular weight excluding hydrogens is 474 g/mol. The van der Waals surface area contributed by atoms with Crippen LogP contribution in [-0.4, -0.2) is 27.7 Å². The van der Waals surface area contributed by atoms with Crippen LogP contribution in [0.2, 0.25) is 0 Å². The molecule has 38 heavy (non-hydrogen) atoms. The predicted molar refractivity (Wildman–Crippen MR) is 154 cm³/mol. The summed E-state index contributed by atoms with van der Waals surface area (Å²) in [6.45, 7) is 8.34. The molecule has 7 heteroatoms. The number of benzene rings is 2. The number of hydrazine groups is 1. The van der Waals surface area contributed by atoms with Crippen LogP contribution in [0.4, 0.5) is 11.4 Å². The van der Waals surface area contributed by atoms with Gasteiger partial charge in [-0.2, -0.15) is 0 Å². The Kier molecular flexibility index (Phi) is 8.16. The molecule has 1 saturated carbocycles. The zero-order valence-electron chi connectivity index (χ0n) is 23.5. The molecule has 0 radical (unpaired) electrons. The lowest BCUT2D eigenvalue weighted by Crippen LogP contribution is -2.33. The fraction of sp³-hybridized carbons (Fsp3) is 0.484. The van der Waals surface area contributed by atoms with Crippen LogP contribution in [-0.2, 0) is 17.8 Å². The SMILES string of the molecule is Cc1ccc(C(c2ccc(N(C)N)c(N)c2C)C(C)(C)C(=O)O)cc1Cn1ccnc1CC1CCCCC1. The number of hydrogen-bond donors (Lipinski definition) is 3. The van der Waals surface area contributed by atoms with Gasteiger partial charge >= 0.3 is 5.97 Å². The Hall–Kier alpha value is -3.32. The number of hydrogen-bond acceptors (Lipinski definition) is 5. The van der Waals surface area contributed by atoms with Crippen LogP contribution in [0, 0.1) is 25.2 Å². The van der Waals surface area contributed by atoms with E-state index >= 15 is 0 Å². The number of nitrogens with zero attached hydrogens (tertiary/aromatic N) is 3. The Labute approximate surface area is 226 Å². The predicted octanol–water partition coefficient (Wildman–Crippen LogP) is 5.81. The molecule has 1 aliphatic carbocycles. The molecule has 0 aliphatic heterocycles. The first-order chi connectivity index (χ1) is 18.0. The molecule has 1 heterocycles. The van der Waals surface area contributed by atoms with E-state index in [1.54, 1.807) is 20.9 Å². The van der Waals surface area contributed by atoms with E-state index in [2.05, 4.69) is 35.9 Å². The van der Waals surface area contributed by atoms with Crippen molar-refractivity contribution in [2.24, 2.45) is 17.2 Å². The average molecular weight is 518 g/mol. The first-order valence-electron chi connectivity index (χ1n) is 13.7. The van der Waals surface area contributed by atoms with Crippen molar-refractivity contribution >= 4 is 17.3 Å². The van der Waals surface area contributed by atoms with Gasteiger partial charge in [0.1, 0.15) is 5.82 Å². The molecule has 1 unspecified atom stereocenters. The lowest BCUT2D eigenvalue weighted by molar-refractivity contribution is -0.147. The van der Waals surface area contributed by atoms with Crippen LogP contribution in [0.1, 0.15) is 85.5 Å². The van der Waals surface area contributed by atoms with Gasteiger partial charge in [0.05, 0.1) is 16.8 Å². The number of carboxylic acids is 1. The minimum atomic E-state index is -1.07. The van der Waals surface area contributed by atoms with Crippen molar-refractivity contribution in [3.05, 3.63) is 76.4 Å². The van der Waals surface area contributed by atoms with Gasteiger partial charge in [-0.25, -0.2) is 10.8 Å². The number of aliphatic carboxylic acids is 1. The summed E-state index contributed by atoms with van der Waals surface area (Å²) in [5.41, 5.74) is 11.7. The van der Waals surface area contributed by atoms with E-state index in [-0.39, 0.29) is 0 Å². The lowest BCUT2D eigenvalue weighted by atomic mass is 9.69. The van der Waals surface area contributed by atoms with Crippen molar-refractivity contribution in [1.29, 1.82) is 0 Å². The highest BCUT2D eigenvalue weighted by atomic mass is 16.4. The van der Waals surface area contributed by atoms with Crippen molar-refractivity contribution in [2.45, 2.75) is 78.7 Å². The number of aromatic nitrogens is 2. The van der Waals surface area contributed by atoms with Crippen molar-refractivity contribution in [1.82, 2.24) is 9.55 Å². The molecule has 7 nitrogen and oxygen atoms in total. The maximum Gasteiger partial charge on any atom is 0.310 e. The van der Waals surface area contributed by atoms with Gasteiger partial charge in [0.2, 0.25) is 0 Å². The number of imidazole rings is 1. The molecule has 2 aromatic carbocycles. The number of nitrogen functional groups attached to an aromatic ring is 1. The standard InChI is InChI=1S/C31H43N5O2/c1-20-11-12-23(18-24(20)19-36-16-15-34-27(36)17-22-9-7-6-8-10-22)28(31(3,4)30(37)38)25-13-14-26(35(5)33)29(32)21(25)2/h11-16,18,22,28H,6-10,17,19,32-33H2,1-5H3,(H,37,38). The monoisotopic (exact) mass is 517 g/mol. The van der Waals surface area contributed by atoms with Crippen LogP contribution in [0.25, 0.3) is 0 Å². The van der Waals surface area contributed by atoms with Crippen molar-refractivity contribution in [2.75, 3.05) is 17.8 Å². The van der Waals surface area contributed by atoms with E-state index in [4.69, 9.17) is 16.6 Å². The summed E-state index contributed by atoms with van der Waals surface area (Å²) in [7, 11) is 1.74. The smallest absolute Gasteiger partial charge is 0.310 e. The van der Waals surface area contributed by atoms with E-state index in [0.29, 0.717) is 23.8 Å². The summed E-state index contributed by atoms with van der Waals surface area (Å²) in [6, 6.07) is 10.2. The Morgan fingerprint density at radius 2 is 1.89 bits per heavy atom. The molecule has 0 spiro atoms. The maximum atomic E-state index is 12.6. The minimum Gasteiger partial charge on any atom is -0.481 e. The number of anilines is 2. The second-order valence-electron chi connectivity index (χ2n) is 11.6. The molecule has 5 N–H and O–H groups in total. The number of nitrogens with two attached hydrogens (primary N) is 2. The van der Waals surface area contributed by atoms with E-state index in [9.17, 15) is 9.90 Å². The van der Waals surface area contributed by atoms with Crippen LogP contribution < -0.4 is 16.6 Å². The zero-order chi connectivity index (χ0) is 27.6. The van der Waals surface area contributed by atoms with E-state index in [1.807, 2.05) is 25.3 Å². The summed E-state index contributed by atoms with van der Waals surface area (Å²) >= 11 is 0. The first-order valence-corrected chi connectivity index (χ1v) is 13.7. The van der Waals surface area contributed by atoms with E-state index < -0.39 is 17.3 Å². The van der Waals surface area contributed by atoms with Gasteiger partial charge in [-0.15, -0.1) is 0 Å². The van der Waals surface area contributed by atoms with Crippen LogP contribution >= 0.6 is 0 Å². The molecule has 0 bridgehead atoms. The lowest BCUT2D eigenvalue weighted by Gasteiger charge is -2.34. The molecule has 204 valence electrons. The highest BCUT2D eigenvalue weighted by Gasteiger charge is 2.40. The minimum absolute atomic E-state index is 0.400. The van der Waals surface area contributed by atoms with Gasteiger partial charge < -0.3 is 20.4 Å². The summed E-state index contributed by atoms with van der Waals surface area (Å²) in [5.74, 6) is 6.57. The molecule has 1 atom stereocenters. The normalized spacial score (nSPS) is 15.4. The fourth-order valence-corrected chi connectivity index (χ4v) is 6.01. The second-order valence-corrected chi connectivity index (χ2v) is 11.6. The molecule has 1 aliphatic rings. The van der Waals surface area contributed by atoms with Gasteiger partial charge in [-0.3, -0.25) is 4.79 Å². The van der Waals surface area contributed by atoms with Gasteiger partial charge in [0.15, 0.2) is 0 Å². The van der Waals surface area contributed by atoms with Gasteiger partial charge in [0.25, 0.3) is 0 Å². The van der Waals surface area contributed by atoms with Crippen molar-refractivity contribution < 1.29 is 9.90 Å². The summed E-state index contributed by atoms with van der Waals surface area (Å²) < 4.78 is 2.26. The molecule has 4 rings (SSSR count). The molecule has 1 fully saturated rings. The molecular formula is C31H43N5O2. The largest absolute Gasteiger partial charge is 0.481 e. The molecule has 0 amide bonds. The quantitative estimate of drug-likeness (QED) is 0.188. The first kappa shape index (κ1) is 27.7. The van der Waals surface area contributed by atoms with Crippen LogP contribution in [0.5, 0.6) is 0 Å².